The van der Waals surface area contributed by atoms with Crippen LogP contribution in [0.3, 0.4) is 0 Å². The van der Waals surface area contributed by atoms with Gasteiger partial charge in [0, 0.05) is 59.5 Å². The first kappa shape index (κ1) is 65.6. The lowest BCUT2D eigenvalue weighted by molar-refractivity contribution is 0.133. The molecule has 0 rings (SSSR count). The van der Waals surface area contributed by atoms with E-state index in [0.717, 1.165) is 135 Å². The molecule has 9 N–H and O–H groups in total. The fourth-order valence-corrected chi connectivity index (χ4v) is 12.4. The smallest absolute Gasteiger partial charge is 0.0431 e. The molecule has 0 saturated heterocycles. The molecule has 0 spiro atoms. The first-order chi connectivity index (χ1) is 32.2. The molecular formula is C57H116O9. The standard InChI is InChI=1S/C57H116O9/c1-2-54(30-15-9-3-6-12-18-33-55(36-21-45-58,37-22-46-59)38-23-47-60,31-16-10-4-7-13-19-34-56(39-24-48-61,40-25-49-62)41-26-50-63)32-17-11-5-8-14-20-35-57(42-27-51-64,43-28-52-65)44-29-53-66/h58-66H,2-53H2,1H3. The predicted octanol–water partition coefficient (Wildman–Crippen LogP) is 12.7. The summed E-state index contributed by atoms with van der Waals surface area (Å²) in [7, 11) is 0. The molecule has 0 aromatic heterocycles. The van der Waals surface area contributed by atoms with Gasteiger partial charge in [-0.15, -0.1) is 0 Å². The normalized spacial score (nSPS) is 12.8. The maximum Gasteiger partial charge on any atom is 0.0431 e. The topological polar surface area (TPSA) is 182 Å². The van der Waals surface area contributed by atoms with Gasteiger partial charge in [0.1, 0.15) is 0 Å². The van der Waals surface area contributed by atoms with Crippen LogP contribution in [0.25, 0.3) is 0 Å². The van der Waals surface area contributed by atoms with E-state index >= 15 is 0 Å². The fourth-order valence-electron chi connectivity index (χ4n) is 12.4. The SMILES string of the molecule is CCC(CCCCCCCCC(CCCO)(CCCO)CCCO)(CCCCCCCCC(CCCO)(CCCO)CCCO)CCCCCCCCC(CCCO)(CCCO)CCCO. The second-order valence-electron chi connectivity index (χ2n) is 21.7. The molecule has 398 valence electrons. The molecule has 9 heteroatoms. The van der Waals surface area contributed by atoms with E-state index in [2.05, 4.69) is 6.92 Å². The van der Waals surface area contributed by atoms with Gasteiger partial charge in [0.15, 0.2) is 0 Å². The van der Waals surface area contributed by atoms with Gasteiger partial charge < -0.3 is 46.0 Å². The second-order valence-corrected chi connectivity index (χ2v) is 21.7. The van der Waals surface area contributed by atoms with Crippen molar-refractivity contribution in [3.05, 3.63) is 0 Å². The van der Waals surface area contributed by atoms with Gasteiger partial charge in [-0.25, -0.2) is 0 Å². The van der Waals surface area contributed by atoms with Crippen molar-refractivity contribution in [3.8, 4) is 0 Å². The Bertz CT molecular complexity index is 797. The summed E-state index contributed by atoms with van der Waals surface area (Å²) in [5, 5.41) is 86.2. The fraction of sp³-hybridized carbons (Fsp3) is 1.00. The summed E-state index contributed by atoms with van der Waals surface area (Å²) in [5.41, 5.74) is 0.840. The minimum Gasteiger partial charge on any atom is -0.396 e. The highest BCUT2D eigenvalue weighted by Gasteiger charge is 2.31. The van der Waals surface area contributed by atoms with Crippen molar-refractivity contribution >= 4 is 0 Å². The monoisotopic (exact) mass is 945 g/mol. The van der Waals surface area contributed by atoms with Crippen LogP contribution in [0.4, 0.5) is 0 Å². The lowest BCUT2D eigenvalue weighted by Crippen LogP contribution is -2.23. The third-order valence-electron chi connectivity index (χ3n) is 16.5. The minimum absolute atomic E-state index is 0.135. The van der Waals surface area contributed by atoms with Gasteiger partial charge in [0.05, 0.1) is 0 Å². The van der Waals surface area contributed by atoms with Gasteiger partial charge in [0.25, 0.3) is 0 Å². The van der Waals surface area contributed by atoms with E-state index in [1.165, 1.54) is 141 Å². The van der Waals surface area contributed by atoms with Crippen LogP contribution in [0.5, 0.6) is 0 Å². The molecule has 0 aliphatic heterocycles. The highest BCUT2D eigenvalue weighted by atomic mass is 16.3. The van der Waals surface area contributed by atoms with E-state index in [0.29, 0.717) is 5.41 Å². The van der Waals surface area contributed by atoms with Crippen molar-refractivity contribution in [1.82, 2.24) is 0 Å². The second kappa shape index (κ2) is 45.8. The Kier molecular flexibility index (Phi) is 45.5. The number of rotatable bonds is 55. The van der Waals surface area contributed by atoms with Crippen LogP contribution in [0, 0.1) is 21.7 Å². The van der Waals surface area contributed by atoms with Crippen LogP contribution in [0.15, 0.2) is 0 Å². The third-order valence-corrected chi connectivity index (χ3v) is 16.5. The Morgan fingerprint density at radius 1 is 0.167 bits per heavy atom. The highest BCUT2D eigenvalue weighted by molar-refractivity contribution is 4.83. The first-order valence-corrected chi connectivity index (χ1v) is 28.7. The van der Waals surface area contributed by atoms with E-state index in [1.807, 2.05) is 0 Å². The van der Waals surface area contributed by atoms with Crippen molar-refractivity contribution in [2.24, 2.45) is 21.7 Å². The molecule has 0 bridgehead atoms. The van der Waals surface area contributed by atoms with Gasteiger partial charge in [-0.05, 0) is 176 Å². The van der Waals surface area contributed by atoms with E-state index in [4.69, 9.17) is 0 Å². The average Bonchev–Trinajstić information content (AvgIpc) is 3.34. The zero-order valence-electron chi connectivity index (χ0n) is 43.8. The number of unbranched alkanes of at least 4 members (excludes halogenated alkanes) is 15. The van der Waals surface area contributed by atoms with Crippen molar-refractivity contribution in [3.63, 3.8) is 0 Å². The van der Waals surface area contributed by atoms with E-state index in [9.17, 15) is 46.0 Å². The van der Waals surface area contributed by atoms with E-state index in [1.54, 1.807) is 0 Å². The molecule has 0 fully saturated rings. The molecule has 0 amide bonds. The van der Waals surface area contributed by atoms with Crippen LogP contribution in [-0.2, 0) is 0 Å². The average molecular weight is 946 g/mol. The maximum atomic E-state index is 9.58. The lowest BCUT2D eigenvalue weighted by atomic mass is 9.71. The third kappa shape index (κ3) is 33.3. The summed E-state index contributed by atoms with van der Waals surface area (Å²) in [5.74, 6) is 0. The van der Waals surface area contributed by atoms with Crippen molar-refractivity contribution in [2.45, 2.75) is 283 Å². The van der Waals surface area contributed by atoms with Gasteiger partial charge in [-0.1, -0.05) is 129 Å². The molecule has 0 saturated carbocycles. The summed E-state index contributed by atoms with van der Waals surface area (Å²) in [4.78, 5) is 0. The molecule has 0 aromatic rings. The Balaban J connectivity index is 5.27. The molecule has 0 radical (unpaired) electrons. The van der Waals surface area contributed by atoms with E-state index < -0.39 is 0 Å². The van der Waals surface area contributed by atoms with Gasteiger partial charge in [-0.2, -0.15) is 0 Å². The largest absolute Gasteiger partial charge is 0.396 e. The highest BCUT2D eigenvalue weighted by Crippen LogP contribution is 2.44. The Labute approximate surface area is 408 Å². The van der Waals surface area contributed by atoms with Crippen LogP contribution < -0.4 is 0 Å². The van der Waals surface area contributed by atoms with Crippen molar-refractivity contribution in [1.29, 1.82) is 0 Å². The Morgan fingerprint density at radius 2 is 0.288 bits per heavy atom. The molecule has 66 heavy (non-hydrogen) atoms. The van der Waals surface area contributed by atoms with E-state index in [-0.39, 0.29) is 75.7 Å². The first-order valence-electron chi connectivity index (χ1n) is 28.7. The Morgan fingerprint density at radius 3 is 0.424 bits per heavy atom. The maximum absolute atomic E-state index is 9.58. The molecule has 9 nitrogen and oxygen atoms in total. The van der Waals surface area contributed by atoms with Gasteiger partial charge >= 0.3 is 0 Å². The molecule has 0 heterocycles. The zero-order chi connectivity index (χ0) is 48.8. The molecule has 0 unspecified atom stereocenters. The number of aliphatic hydroxyl groups excluding tert-OH is 9. The summed E-state index contributed by atoms with van der Waals surface area (Å²) < 4.78 is 0. The van der Waals surface area contributed by atoms with Crippen LogP contribution >= 0.6 is 0 Å². The summed E-state index contributed by atoms with van der Waals surface area (Å²) in [6.07, 6.45) is 47.6. The molecule has 0 aliphatic carbocycles. The van der Waals surface area contributed by atoms with Crippen LogP contribution in [0.1, 0.15) is 283 Å². The van der Waals surface area contributed by atoms with Crippen molar-refractivity contribution in [2.75, 3.05) is 59.5 Å². The molecule has 0 aliphatic rings. The molecular weight excluding hydrogens is 829 g/mol. The summed E-state index contributed by atoms with van der Waals surface area (Å²) >= 11 is 0. The zero-order valence-corrected chi connectivity index (χ0v) is 43.8. The summed E-state index contributed by atoms with van der Waals surface area (Å²) in [6.45, 7) is 4.34. The van der Waals surface area contributed by atoms with Gasteiger partial charge in [0.2, 0.25) is 0 Å². The van der Waals surface area contributed by atoms with Crippen LogP contribution in [-0.4, -0.2) is 105 Å². The summed E-state index contributed by atoms with van der Waals surface area (Å²) in [6, 6.07) is 0. The number of hydrogen-bond acceptors (Lipinski definition) is 9. The lowest BCUT2D eigenvalue weighted by Gasteiger charge is -2.34. The van der Waals surface area contributed by atoms with Crippen molar-refractivity contribution < 1.29 is 46.0 Å². The molecule has 0 atom stereocenters. The quantitative estimate of drug-likeness (QED) is 0.0268. The number of aliphatic hydroxyl groups is 9. The Hall–Kier alpha value is -0.360. The van der Waals surface area contributed by atoms with Gasteiger partial charge in [-0.3, -0.25) is 0 Å². The number of hydrogen-bond donors (Lipinski definition) is 9. The molecule has 0 aromatic carbocycles. The minimum atomic E-state index is 0.135. The predicted molar refractivity (Wildman–Crippen MR) is 278 cm³/mol. The van der Waals surface area contributed by atoms with Crippen LogP contribution in [0.2, 0.25) is 0 Å².